The lowest BCUT2D eigenvalue weighted by molar-refractivity contribution is 0.973. The van der Waals surface area contributed by atoms with E-state index >= 15 is 0 Å². The molecule has 2 aromatic heterocycles. The Bertz CT molecular complexity index is 884. The molecular weight excluding hydrogens is 256 g/mol. The number of hydrogen-bond donors (Lipinski definition) is 1. The predicted octanol–water partition coefficient (Wildman–Crippen LogP) is 4.84. The number of aromatic amines is 1. The largest absolute Gasteiger partial charge is 0.360 e. The molecule has 2 nitrogen and oxygen atoms in total. The molecule has 0 aliphatic heterocycles. The molecule has 21 heavy (non-hydrogen) atoms. The van der Waals surface area contributed by atoms with E-state index in [1.54, 1.807) is 0 Å². The average Bonchev–Trinajstić information content (AvgIpc) is 3.15. The van der Waals surface area contributed by atoms with Gasteiger partial charge in [-0.25, -0.2) is 0 Å². The van der Waals surface area contributed by atoms with Crippen molar-refractivity contribution < 1.29 is 0 Å². The predicted molar refractivity (Wildman–Crippen MR) is 88.1 cm³/mol. The van der Waals surface area contributed by atoms with E-state index < -0.39 is 0 Å². The molecular formula is C19H16N2. The van der Waals surface area contributed by atoms with Crippen molar-refractivity contribution in [1.29, 1.82) is 0 Å². The minimum absolute atomic E-state index is 1.15. The van der Waals surface area contributed by atoms with Gasteiger partial charge in [-0.1, -0.05) is 48.5 Å². The average molecular weight is 272 g/mol. The summed E-state index contributed by atoms with van der Waals surface area (Å²) in [5.74, 6) is 0. The van der Waals surface area contributed by atoms with Crippen LogP contribution in [-0.4, -0.2) is 9.55 Å². The number of nitrogens with zero attached hydrogens (tertiary/aromatic N) is 1. The van der Waals surface area contributed by atoms with Crippen molar-refractivity contribution in [2.24, 2.45) is 7.05 Å². The summed E-state index contributed by atoms with van der Waals surface area (Å²) < 4.78 is 2.27. The standard InChI is InChI=1S/C19H16N2/c1-21-17-12-6-5-10-15(17)18(14-8-3-2-4-9-14)19(21)16-11-7-13-20-16/h2-13,20H,1H3. The molecule has 0 spiro atoms. The quantitative estimate of drug-likeness (QED) is 0.539. The van der Waals surface area contributed by atoms with E-state index in [2.05, 4.69) is 77.3 Å². The Balaban J connectivity index is 2.15. The van der Waals surface area contributed by atoms with Crippen molar-refractivity contribution in [2.75, 3.05) is 0 Å². The van der Waals surface area contributed by atoms with Crippen LogP contribution in [0.2, 0.25) is 0 Å². The second-order valence-corrected chi connectivity index (χ2v) is 5.25. The van der Waals surface area contributed by atoms with Crippen molar-refractivity contribution in [1.82, 2.24) is 9.55 Å². The molecule has 4 rings (SSSR count). The summed E-state index contributed by atoms with van der Waals surface area (Å²) in [5, 5.41) is 1.29. The number of aromatic nitrogens is 2. The van der Waals surface area contributed by atoms with Crippen molar-refractivity contribution in [2.45, 2.75) is 0 Å². The fourth-order valence-corrected chi connectivity index (χ4v) is 3.08. The van der Waals surface area contributed by atoms with Crippen LogP contribution in [0.1, 0.15) is 0 Å². The van der Waals surface area contributed by atoms with Gasteiger partial charge in [0.15, 0.2) is 0 Å². The third-order valence-electron chi connectivity index (χ3n) is 4.02. The maximum Gasteiger partial charge on any atom is 0.0733 e. The zero-order chi connectivity index (χ0) is 14.2. The Morgan fingerprint density at radius 1 is 0.810 bits per heavy atom. The Labute approximate surface area is 123 Å². The first-order valence-electron chi connectivity index (χ1n) is 7.13. The molecule has 0 aliphatic rings. The van der Waals surface area contributed by atoms with E-state index in [9.17, 15) is 0 Å². The molecule has 0 fully saturated rings. The van der Waals surface area contributed by atoms with Crippen molar-refractivity contribution in [3.05, 3.63) is 72.9 Å². The first kappa shape index (κ1) is 12.0. The lowest BCUT2D eigenvalue weighted by Crippen LogP contribution is -1.92. The molecule has 2 heteroatoms. The summed E-state index contributed by atoms with van der Waals surface area (Å²) in [6.07, 6.45) is 1.97. The Morgan fingerprint density at radius 2 is 1.57 bits per heavy atom. The fraction of sp³-hybridized carbons (Fsp3) is 0.0526. The van der Waals surface area contributed by atoms with Gasteiger partial charge in [-0.3, -0.25) is 0 Å². The van der Waals surface area contributed by atoms with Gasteiger partial charge in [0.25, 0.3) is 0 Å². The second-order valence-electron chi connectivity index (χ2n) is 5.25. The van der Waals surface area contributed by atoms with E-state index in [0.29, 0.717) is 0 Å². The van der Waals surface area contributed by atoms with Crippen LogP contribution >= 0.6 is 0 Å². The molecule has 0 unspecified atom stereocenters. The molecule has 0 saturated carbocycles. The molecule has 0 bridgehead atoms. The molecule has 0 atom stereocenters. The first-order valence-corrected chi connectivity index (χ1v) is 7.13. The second kappa shape index (κ2) is 4.67. The molecule has 0 radical (unpaired) electrons. The van der Waals surface area contributed by atoms with Crippen LogP contribution in [0.5, 0.6) is 0 Å². The van der Waals surface area contributed by atoms with Gasteiger partial charge >= 0.3 is 0 Å². The number of nitrogens with one attached hydrogen (secondary N) is 1. The van der Waals surface area contributed by atoms with E-state index in [4.69, 9.17) is 0 Å². The Morgan fingerprint density at radius 3 is 2.33 bits per heavy atom. The summed E-state index contributed by atoms with van der Waals surface area (Å²) in [6.45, 7) is 0. The highest BCUT2D eigenvalue weighted by Gasteiger charge is 2.17. The minimum Gasteiger partial charge on any atom is -0.360 e. The molecule has 0 amide bonds. The van der Waals surface area contributed by atoms with Gasteiger partial charge in [-0.05, 0) is 23.8 Å². The maximum absolute atomic E-state index is 3.34. The third kappa shape index (κ3) is 1.80. The van der Waals surface area contributed by atoms with Crippen LogP contribution < -0.4 is 0 Å². The number of rotatable bonds is 2. The minimum atomic E-state index is 1.15. The van der Waals surface area contributed by atoms with Gasteiger partial charge in [0.1, 0.15) is 0 Å². The van der Waals surface area contributed by atoms with E-state index in [1.165, 1.54) is 27.7 Å². The zero-order valence-electron chi connectivity index (χ0n) is 11.9. The summed E-state index contributed by atoms with van der Waals surface area (Å²) in [4.78, 5) is 3.34. The lowest BCUT2D eigenvalue weighted by atomic mass is 10.0. The van der Waals surface area contributed by atoms with Crippen molar-refractivity contribution in [3.63, 3.8) is 0 Å². The van der Waals surface area contributed by atoms with Gasteiger partial charge in [0, 0.05) is 29.7 Å². The normalized spacial score (nSPS) is 11.1. The lowest BCUT2D eigenvalue weighted by Gasteiger charge is -2.06. The highest BCUT2D eigenvalue weighted by molar-refractivity contribution is 6.04. The van der Waals surface area contributed by atoms with Gasteiger partial charge in [0.2, 0.25) is 0 Å². The maximum atomic E-state index is 3.34. The molecule has 2 aromatic carbocycles. The van der Waals surface area contributed by atoms with Gasteiger partial charge < -0.3 is 9.55 Å². The van der Waals surface area contributed by atoms with E-state index in [1.807, 2.05) is 12.3 Å². The highest BCUT2D eigenvalue weighted by Crippen LogP contribution is 2.39. The van der Waals surface area contributed by atoms with Crippen LogP contribution in [0.25, 0.3) is 33.4 Å². The molecule has 0 saturated heterocycles. The van der Waals surface area contributed by atoms with Crippen LogP contribution in [0, 0.1) is 0 Å². The first-order chi connectivity index (χ1) is 10.4. The third-order valence-corrected chi connectivity index (χ3v) is 4.02. The number of para-hydroxylation sites is 1. The van der Waals surface area contributed by atoms with Crippen LogP contribution in [0.15, 0.2) is 72.9 Å². The molecule has 1 N–H and O–H groups in total. The highest BCUT2D eigenvalue weighted by atomic mass is 15.0. The summed E-state index contributed by atoms with van der Waals surface area (Å²) in [6, 6.07) is 23.3. The SMILES string of the molecule is Cn1c(-c2ccc[nH]2)c(-c2ccccc2)c2ccccc21. The van der Waals surface area contributed by atoms with E-state index in [0.717, 1.165) is 5.69 Å². The molecule has 2 heterocycles. The van der Waals surface area contributed by atoms with Crippen molar-refractivity contribution in [3.8, 4) is 22.5 Å². The number of benzene rings is 2. The van der Waals surface area contributed by atoms with Gasteiger partial charge in [-0.2, -0.15) is 0 Å². The van der Waals surface area contributed by atoms with Crippen LogP contribution in [-0.2, 0) is 7.05 Å². The zero-order valence-corrected chi connectivity index (χ0v) is 11.9. The Kier molecular flexibility index (Phi) is 2.68. The monoisotopic (exact) mass is 272 g/mol. The van der Waals surface area contributed by atoms with Crippen molar-refractivity contribution >= 4 is 10.9 Å². The smallest absolute Gasteiger partial charge is 0.0733 e. The Hall–Kier alpha value is -2.74. The molecule has 102 valence electrons. The topological polar surface area (TPSA) is 20.7 Å². The van der Waals surface area contributed by atoms with Gasteiger partial charge in [-0.15, -0.1) is 0 Å². The fourth-order valence-electron chi connectivity index (χ4n) is 3.08. The summed E-state index contributed by atoms with van der Waals surface area (Å²) in [5.41, 5.74) is 6.16. The van der Waals surface area contributed by atoms with E-state index in [-0.39, 0.29) is 0 Å². The molecule has 4 aromatic rings. The van der Waals surface area contributed by atoms with Gasteiger partial charge in [0.05, 0.1) is 11.4 Å². The number of fused-ring (bicyclic) bond motifs is 1. The summed E-state index contributed by atoms with van der Waals surface area (Å²) >= 11 is 0. The summed E-state index contributed by atoms with van der Waals surface area (Å²) in [7, 11) is 2.13. The molecule has 0 aliphatic carbocycles. The number of hydrogen-bond acceptors (Lipinski definition) is 0. The van der Waals surface area contributed by atoms with Crippen LogP contribution in [0.3, 0.4) is 0 Å². The van der Waals surface area contributed by atoms with Crippen LogP contribution in [0.4, 0.5) is 0 Å². The number of aryl methyl sites for hydroxylation is 1. The number of H-pyrrole nitrogens is 1.